The third kappa shape index (κ3) is 14.3. The maximum Gasteiger partial charge on any atom is 0.136 e. The van der Waals surface area contributed by atoms with Gasteiger partial charge in [-0.2, -0.15) is 0 Å². The molecule has 0 radical (unpaired) electrons. The lowest BCUT2D eigenvalue weighted by Gasteiger charge is -2.20. The van der Waals surface area contributed by atoms with E-state index in [0.717, 1.165) is 65.0 Å². The summed E-state index contributed by atoms with van der Waals surface area (Å²) in [7, 11) is 0. The van der Waals surface area contributed by atoms with E-state index < -0.39 is 96.7 Å². The van der Waals surface area contributed by atoms with Crippen molar-refractivity contribution in [3.63, 3.8) is 0 Å². The summed E-state index contributed by atoms with van der Waals surface area (Å²) in [6.07, 6.45) is 0. The summed E-state index contributed by atoms with van der Waals surface area (Å²) in [5.74, 6) is 0. The van der Waals surface area contributed by atoms with Gasteiger partial charge in [-0.15, -0.1) is 0 Å². The van der Waals surface area contributed by atoms with E-state index >= 15 is 0 Å². The predicted octanol–water partition coefficient (Wildman–Crippen LogP) is 42.0. The van der Waals surface area contributed by atoms with Gasteiger partial charge in [-0.3, -0.25) is 0 Å². The first-order valence-electron chi connectivity index (χ1n) is 64.9. The van der Waals surface area contributed by atoms with Gasteiger partial charge in [0.15, 0.2) is 0 Å². The van der Waals surface area contributed by atoms with E-state index in [2.05, 4.69) is 0 Å². The average molecular weight is 1940 g/mol. The van der Waals surface area contributed by atoms with Crippen molar-refractivity contribution in [3.05, 3.63) is 545 Å². The number of fused-ring (bicyclic) bond motifs is 23. The van der Waals surface area contributed by atoms with Crippen LogP contribution in [0, 0.1) is 0 Å². The Balaban J connectivity index is 0.000000108. The molecule has 4 aromatic heterocycles. The Morgan fingerprint density at radius 3 is 0.680 bits per heavy atom. The Bertz CT molecular complexity index is 12900. The highest BCUT2D eigenvalue weighted by Gasteiger charge is 2.28. The molecule has 0 aliphatic rings. The Morgan fingerprint density at radius 1 is 0.120 bits per heavy atom. The van der Waals surface area contributed by atoms with Gasteiger partial charge in [0.2, 0.25) is 0 Å². The lowest BCUT2D eigenvalue weighted by molar-refractivity contribution is 0.668. The Labute approximate surface area is 908 Å². The summed E-state index contributed by atoms with van der Waals surface area (Å²) < 4.78 is 312. The van der Waals surface area contributed by atoms with Crippen LogP contribution in [-0.4, -0.2) is 0 Å². The summed E-state index contributed by atoms with van der Waals surface area (Å²) in [5, 5.41) is 14.0. The summed E-state index contributed by atoms with van der Waals surface area (Å²) in [4.78, 5) is 0. The highest BCUT2D eigenvalue weighted by Crippen LogP contribution is 2.55. The molecule has 4 heterocycles. The summed E-state index contributed by atoms with van der Waals surface area (Å²) >= 11 is 0. The zero-order valence-corrected chi connectivity index (χ0v) is 79.1. The minimum atomic E-state index is -0.437. The van der Waals surface area contributed by atoms with Crippen molar-refractivity contribution in [2.75, 3.05) is 0 Å². The number of furan rings is 4. The minimum Gasteiger partial charge on any atom is -0.456 e. The van der Waals surface area contributed by atoms with Gasteiger partial charge in [-0.25, -0.2) is 0 Å². The van der Waals surface area contributed by atoms with Gasteiger partial charge >= 0.3 is 0 Å². The molecule has 0 aliphatic heterocycles. The van der Waals surface area contributed by atoms with Crippen LogP contribution in [-0.2, 0) is 0 Å². The molecule has 698 valence electrons. The fourth-order valence-corrected chi connectivity index (χ4v) is 22.4. The monoisotopic (exact) mass is 1940 g/mol. The van der Waals surface area contributed by atoms with Gasteiger partial charge in [-0.1, -0.05) is 491 Å². The molecule has 28 aromatic carbocycles. The van der Waals surface area contributed by atoms with Crippen molar-refractivity contribution in [3.8, 4) is 100 Å². The fraction of sp³-hybridized carbons (Fsp3) is 0. The molecule has 0 saturated heterocycles. The van der Waals surface area contributed by atoms with Gasteiger partial charge in [0.1, 0.15) is 44.7 Å². The number of para-hydroxylation sites is 4. The Hall–Kier alpha value is -19.8. The van der Waals surface area contributed by atoms with E-state index in [4.69, 9.17) is 45.1 Å². The maximum absolute atomic E-state index is 9.42. The van der Waals surface area contributed by atoms with Crippen LogP contribution in [0.2, 0.25) is 0 Å². The van der Waals surface area contributed by atoms with Crippen LogP contribution < -0.4 is 0 Å². The van der Waals surface area contributed by atoms with Crippen molar-refractivity contribution in [2.24, 2.45) is 0 Å². The highest BCUT2D eigenvalue weighted by atomic mass is 16.3. The van der Waals surface area contributed by atoms with Gasteiger partial charge in [0.25, 0.3) is 0 Å². The Kier molecular flexibility index (Phi) is 14.5. The number of hydrogen-bond donors (Lipinski definition) is 0. The lowest BCUT2D eigenvalue weighted by Crippen LogP contribution is -1.92. The lowest BCUT2D eigenvalue weighted by atomic mass is 9.83. The number of hydrogen-bond acceptors (Lipinski definition) is 4. The largest absolute Gasteiger partial charge is 0.456 e. The van der Waals surface area contributed by atoms with Gasteiger partial charge in [-0.05, 0) is 273 Å². The normalized spacial score (nSPS) is 14.7. The number of rotatable bonds is 9. The molecule has 0 N–H and O–H groups in total. The molecule has 32 rings (SSSR count). The van der Waals surface area contributed by atoms with Crippen LogP contribution in [0.5, 0.6) is 0 Å². The van der Waals surface area contributed by atoms with Crippen molar-refractivity contribution in [1.29, 1.82) is 0 Å². The van der Waals surface area contributed by atoms with E-state index in [1.54, 1.807) is 48.5 Å². The third-order valence-electron chi connectivity index (χ3n) is 28.6. The van der Waals surface area contributed by atoms with Gasteiger partial charge in [0, 0.05) is 43.1 Å². The fourth-order valence-electron chi connectivity index (χ4n) is 22.4. The Morgan fingerprint density at radius 2 is 0.340 bits per heavy atom. The SMILES string of the molecule is [2H]c1c([2H])c([2H])c2c(-c3cccc4oc5ccccc5c34)c3c([2H])c([2H])c([2H])c([2H])c3c(-c3ccc(-c4ccccc4)c4ccccc34)c2c1[2H].[2H]c1c([2H])c([2H])c2c(-c3cccc4oc5ccccc5c34)c3c([2H])c([2H])c([2H])c([2H])c3c(-c3ccc4ccccc4c3)c2c1[2H].[2H]c1c([2H])c([2H])c2c(-c3cccc4oc5ccccc5c34)c3c([2H])c([2H])c([2H])c([2H])c3c(-c3cccc4ccccc34)c2c1[2H].[2H]c1c([2H])c([2H])c2c(-c3cccc4oc5ccccc5c34)c3c([2H])c([2H])c([2H])c([2H])c3c(-c3ccccc3)c2c1[2H]. The first-order valence-corrected chi connectivity index (χ1v) is 48.9. The van der Waals surface area contributed by atoms with Crippen molar-refractivity contribution in [1.82, 2.24) is 0 Å². The van der Waals surface area contributed by atoms with Gasteiger partial charge < -0.3 is 17.7 Å². The molecule has 0 bridgehead atoms. The summed E-state index contributed by atoms with van der Waals surface area (Å²) in [5.41, 5.74) is 13.8. The molecule has 0 atom stereocenters. The smallest absolute Gasteiger partial charge is 0.136 e. The number of benzene rings is 28. The van der Waals surface area contributed by atoms with Crippen molar-refractivity contribution in [2.45, 2.75) is 0 Å². The zero-order valence-electron chi connectivity index (χ0n) is 111. The van der Waals surface area contributed by atoms with Crippen LogP contribution in [0.15, 0.2) is 563 Å². The highest BCUT2D eigenvalue weighted by molar-refractivity contribution is 6.33. The quantitative estimate of drug-likeness (QED) is 0.135. The van der Waals surface area contributed by atoms with E-state index in [1.807, 2.05) is 303 Å². The molecule has 0 unspecified atom stereocenters. The van der Waals surface area contributed by atoms with Crippen LogP contribution in [0.1, 0.15) is 43.9 Å². The molecule has 0 aliphatic carbocycles. The van der Waals surface area contributed by atoms with Crippen molar-refractivity contribution < 1.29 is 61.5 Å². The first-order chi connectivity index (χ1) is 87.8. The predicted molar refractivity (Wildman–Crippen MR) is 636 cm³/mol. The molecule has 150 heavy (non-hydrogen) atoms. The summed E-state index contributed by atoms with van der Waals surface area (Å²) in [6.45, 7) is 0. The van der Waals surface area contributed by atoms with E-state index in [-0.39, 0.29) is 183 Å². The molecule has 0 spiro atoms. The topological polar surface area (TPSA) is 52.6 Å². The first kappa shape index (κ1) is 60.1. The van der Waals surface area contributed by atoms with Crippen LogP contribution in [0.25, 0.3) is 306 Å². The molecule has 0 saturated carbocycles. The molecule has 4 heteroatoms. The molecule has 32 aromatic rings. The standard InChI is InChI=1S/C42H26O.2C36H22O.C32H20O/c1-2-13-27(14-3-1)28-25-26-35(30-16-5-4-15-29(28)30)40-31-17-6-8-19-33(31)41(34-20-9-7-18-32(34)40)37-22-12-24-39-42(37)36-21-10-11-23-38(36)43-39;1-2-13-24-23(11-1)12-9-19-25(24)34-26-14-3-5-16-28(26)35(29-17-6-4-15-27(29)34)31-20-10-22-33-36(31)30-18-7-8-21-32(30)37-33;1-2-11-24-22-25(21-20-23(24)10-1)34-26-12-3-5-14-28(26)35(29-15-6-4-13-27(29)34)31-17-9-19-33-36(31)30-16-7-8-18-32(30)37-33;1-2-11-21(12-3-1)30-22-13-4-6-15-24(22)31(25-16-7-5-14-23(25)30)27-18-10-20-29-32(27)26-17-8-9-19-28(26)33-29/h1-26H;2*1-22H;1-20H/i6D,7D,8D,9D,17D,18D,19D,20D;3D,4D,5D,6D,14D,15D,16D,17D;3D,4D,5D,6D,12D,13D,14D,15D;4D,5D,6D,7D,13D,14D,15D,16D. The second kappa shape index (κ2) is 36.2. The molecule has 0 amide bonds. The van der Waals surface area contributed by atoms with E-state index in [1.165, 1.54) is 0 Å². The second-order valence-corrected chi connectivity index (χ2v) is 36.6. The molecule has 4 nitrogen and oxygen atoms in total. The average Bonchev–Trinajstić information content (AvgIpc) is 1.01. The van der Waals surface area contributed by atoms with Crippen LogP contribution in [0.4, 0.5) is 0 Å². The van der Waals surface area contributed by atoms with Crippen molar-refractivity contribution >= 4 is 206 Å². The second-order valence-electron chi connectivity index (χ2n) is 36.6. The summed E-state index contributed by atoms with van der Waals surface area (Å²) in [6, 6.07) is 97.3. The zero-order chi connectivity index (χ0) is 127. The minimum absolute atomic E-state index is 0.169. The van der Waals surface area contributed by atoms with Crippen LogP contribution in [0.3, 0.4) is 0 Å². The van der Waals surface area contributed by atoms with Crippen LogP contribution >= 0.6 is 0 Å². The van der Waals surface area contributed by atoms with E-state index in [9.17, 15) is 16.4 Å². The molecular weight excluding hydrogens is 1820 g/mol. The van der Waals surface area contributed by atoms with Gasteiger partial charge in [0.05, 0.1) is 43.9 Å². The maximum atomic E-state index is 9.42. The van der Waals surface area contributed by atoms with E-state index in [0.29, 0.717) is 155 Å². The molecular formula is C146H90O4. The molecule has 0 fully saturated rings. The third-order valence-corrected chi connectivity index (χ3v) is 28.6.